The van der Waals surface area contributed by atoms with Gasteiger partial charge in [-0.15, -0.1) is 0 Å². The van der Waals surface area contributed by atoms with Gasteiger partial charge in [0, 0.05) is 30.9 Å². The van der Waals surface area contributed by atoms with E-state index in [0.29, 0.717) is 0 Å². The van der Waals surface area contributed by atoms with Crippen LogP contribution in [0.2, 0.25) is 0 Å². The number of hydrogen-bond donors (Lipinski definition) is 1. The van der Waals surface area contributed by atoms with Crippen LogP contribution in [0, 0.1) is 0 Å². The van der Waals surface area contributed by atoms with Crippen molar-refractivity contribution in [1.29, 1.82) is 0 Å². The van der Waals surface area contributed by atoms with E-state index in [2.05, 4.69) is 79.0 Å². The smallest absolute Gasteiger partial charge is 0.119 e. The number of benzene rings is 3. The molecule has 2 atom stereocenters. The molecule has 0 aliphatic carbocycles. The van der Waals surface area contributed by atoms with Crippen LogP contribution in [0.5, 0.6) is 5.75 Å². The van der Waals surface area contributed by atoms with Crippen LogP contribution < -0.4 is 10.1 Å². The van der Waals surface area contributed by atoms with Gasteiger partial charge in [0.15, 0.2) is 0 Å². The van der Waals surface area contributed by atoms with E-state index < -0.39 is 0 Å². The fourth-order valence-corrected chi connectivity index (χ4v) is 3.86. The largest absolute Gasteiger partial charge is 0.497 e. The van der Waals surface area contributed by atoms with Crippen molar-refractivity contribution in [1.82, 2.24) is 15.1 Å². The van der Waals surface area contributed by atoms with Crippen molar-refractivity contribution in [3.05, 3.63) is 84.2 Å². The quantitative estimate of drug-likeness (QED) is 0.465. The number of ether oxygens (including phenoxy) is 1. The molecule has 4 heteroatoms. The summed E-state index contributed by atoms with van der Waals surface area (Å²) in [5.74, 6) is 0.883. The highest BCUT2D eigenvalue weighted by molar-refractivity contribution is 5.97. The summed E-state index contributed by atoms with van der Waals surface area (Å²) in [6, 6.07) is 21.7. The third-order valence-electron chi connectivity index (χ3n) is 5.49. The monoisotopic (exact) mass is 385 g/mol. The van der Waals surface area contributed by atoms with Crippen molar-refractivity contribution in [3.63, 3.8) is 0 Å². The van der Waals surface area contributed by atoms with E-state index >= 15 is 0 Å². The molecule has 148 valence electrons. The summed E-state index contributed by atoms with van der Waals surface area (Å²) in [5.41, 5.74) is 4.83. The van der Waals surface area contributed by atoms with Gasteiger partial charge in [-0.2, -0.15) is 5.10 Å². The number of fused-ring (bicyclic) bond motifs is 1. The number of rotatable bonds is 6. The lowest BCUT2D eigenvalue weighted by atomic mass is 9.94. The normalized spacial score (nSPS) is 13.4. The summed E-state index contributed by atoms with van der Waals surface area (Å²) >= 11 is 0. The first-order chi connectivity index (χ1) is 14.0. The molecule has 0 aliphatic rings. The van der Waals surface area contributed by atoms with Crippen LogP contribution in [-0.4, -0.2) is 16.9 Å². The van der Waals surface area contributed by atoms with Crippen LogP contribution in [0.4, 0.5) is 0 Å². The second kappa shape index (κ2) is 8.10. The van der Waals surface area contributed by atoms with E-state index in [1.165, 1.54) is 27.5 Å². The van der Waals surface area contributed by atoms with Gasteiger partial charge in [-0.3, -0.25) is 4.68 Å². The molecule has 0 fully saturated rings. The van der Waals surface area contributed by atoms with Gasteiger partial charge in [0.05, 0.1) is 13.3 Å². The lowest BCUT2D eigenvalue weighted by Gasteiger charge is -2.22. The minimum Gasteiger partial charge on any atom is -0.497 e. The molecule has 4 nitrogen and oxygen atoms in total. The first-order valence-electron chi connectivity index (χ1n) is 9.97. The maximum absolute atomic E-state index is 5.37. The summed E-state index contributed by atoms with van der Waals surface area (Å²) in [6.07, 6.45) is 4.00. The maximum atomic E-state index is 5.37. The molecule has 4 rings (SSSR count). The Bertz CT molecular complexity index is 1130. The van der Waals surface area contributed by atoms with Crippen molar-refractivity contribution in [2.45, 2.75) is 25.9 Å². The Kier molecular flexibility index (Phi) is 5.36. The average Bonchev–Trinajstić information content (AvgIpc) is 3.19. The lowest BCUT2D eigenvalue weighted by molar-refractivity contribution is 0.412. The minimum absolute atomic E-state index is 0.191. The molecule has 0 aliphatic heterocycles. The van der Waals surface area contributed by atoms with E-state index in [-0.39, 0.29) is 12.1 Å². The first-order valence-corrected chi connectivity index (χ1v) is 9.97. The molecular weight excluding hydrogens is 358 g/mol. The van der Waals surface area contributed by atoms with Gasteiger partial charge in [0.2, 0.25) is 0 Å². The summed E-state index contributed by atoms with van der Waals surface area (Å²) in [6.45, 7) is 4.40. The number of methoxy groups -OCH3 is 1. The van der Waals surface area contributed by atoms with Gasteiger partial charge in [-0.1, -0.05) is 36.4 Å². The standard InChI is InChI=1S/C25H27N3O/c1-17(19-9-7-10-23(13-19)29-4)27-18(2)21-12-20-8-5-6-11-24(20)25(14-21)22-15-26-28(3)16-22/h5-18,27H,1-4H3/t17-,18?/m1/s1. The minimum atomic E-state index is 0.191. The van der Waals surface area contributed by atoms with Crippen LogP contribution in [-0.2, 0) is 7.05 Å². The molecule has 3 aromatic carbocycles. The Balaban J connectivity index is 1.68. The molecule has 0 radical (unpaired) electrons. The topological polar surface area (TPSA) is 39.1 Å². The lowest BCUT2D eigenvalue weighted by Crippen LogP contribution is -2.22. The molecule has 0 amide bonds. The third-order valence-corrected chi connectivity index (χ3v) is 5.49. The zero-order valence-electron chi connectivity index (χ0n) is 17.4. The molecule has 1 unspecified atom stereocenters. The molecule has 0 saturated heterocycles. The van der Waals surface area contributed by atoms with Crippen LogP contribution in [0.3, 0.4) is 0 Å². The number of nitrogens with zero attached hydrogens (tertiary/aromatic N) is 2. The van der Waals surface area contributed by atoms with Crippen molar-refractivity contribution < 1.29 is 4.74 Å². The Labute approximate surface area is 172 Å². The first kappa shape index (κ1) is 19.2. The Hall–Kier alpha value is -3.11. The SMILES string of the molecule is COc1cccc([C@@H](C)NC(C)c2cc(-c3cnn(C)c3)c3ccccc3c2)c1. The van der Waals surface area contributed by atoms with Crippen molar-refractivity contribution in [3.8, 4) is 16.9 Å². The Morgan fingerprint density at radius 2 is 1.72 bits per heavy atom. The fourth-order valence-electron chi connectivity index (χ4n) is 3.86. The van der Waals surface area contributed by atoms with Crippen LogP contribution >= 0.6 is 0 Å². The van der Waals surface area contributed by atoms with Crippen molar-refractivity contribution in [2.75, 3.05) is 7.11 Å². The van der Waals surface area contributed by atoms with Gasteiger partial charge in [0.25, 0.3) is 0 Å². The number of nitrogens with one attached hydrogen (secondary N) is 1. The molecule has 0 spiro atoms. The summed E-state index contributed by atoms with van der Waals surface area (Å²) in [4.78, 5) is 0. The van der Waals surface area contributed by atoms with Gasteiger partial charge in [0.1, 0.15) is 5.75 Å². The predicted molar refractivity (Wildman–Crippen MR) is 119 cm³/mol. The fraction of sp³-hybridized carbons (Fsp3) is 0.240. The second-order valence-corrected chi connectivity index (χ2v) is 7.58. The summed E-state index contributed by atoms with van der Waals surface area (Å²) in [7, 11) is 3.66. The molecule has 29 heavy (non-hydrogen) atoms. The molecule has 1 aromatic heterocycles. The zero-order chi connectivity index (χ0) is 20.4. The Morgan fingerprint density at radius 3 is 2.48 bits per heavy atom. The molecule has 4 aromatic rings. The molecule has 1 N–H and O–H groups in total. The summed E-state index contributed by atoms with van der Waals surface area (Å²) < 4.78 is 7.22. The highest BCUT2D eigenvalue weighted by atomic mass is 16.5. The second-order valence-electron chi connectivity index (χ2n) is 7.58. The van der Waals surface area contributed by atoms with E-state index in [1.54, 1.807) is 7.11 Å². The van der Waals surface area contributed by atoms with Crippen LogP contribution in [0.1, 0.15) is 37.1 Å². The van der Waals surface area contributed by atoms with Crippen LogP contribution in [0.25, 0.3) is 21.9 Å². The average molecular weight is 386 g/mol. The highest BCUT2D eigenvalue weighted by Gasteiger charge is 2.15. The van der Waals surface area contributed by atoms with Crippen LogP contribution in [0.15, 0.2) is 73.1 Å². The number of aromatic nitrogens is 2. The van der Waals surface area contributed by atoms with E-state index in [4.69, 9.17) is 4.74 Å². The third kappa shape index (κ3) is 4.03. The van der Waals surface area contributed by atoms with E-state index in [9.17, 15) is 0 Å². The molecule has 1 heterocycles. The van der Waals surface area contributed by atoms with Gasteiger partial charge in [-0.25, -0.2) is 0 Å². The van der Waals surface area contributed by atoms with Gasteiger partial charge in [-0.05, 0) is 65.6 Å². The Morgan fingerprint density at radius 1 is 0.931 bits per heavy atom. The number of hydrogen-bond acceptors (Lipinski definition) is 3. The van der Waals surface area contributed by atoms with Gasteiger partial charge >= 0.3 is 0 Å². The predicted octanol–water partition coefficient (Wildman–Crippen LogP) is 5.66. The van der Waals surface area contributed by atoms with Gasteiger partial charge < -0.3 is 10.1 Å². The molecular formula is C25H27N3O. The highest BCUT2D eigenvalue weighted by Crippen LogP contribution is 2.32. The summed E-state index contributed by atoms with van der Waals surface area (Å²) in [5, 5.41) is 10.6. The molecule has 0 saturated carbocycles. The van der Waals surface area contributed by atoms with Crippen molar-refractivity contribution in [2.24, 2.45) is 7.05 Å². The molecule has 0 bridgehead atoms. The maximum Gasteiger partial charge on any atom is 0.119 e. The van der Waals surface area contributed by atoms with Crippen molar-refractivity contribution >= 4 is 10.8 Å². The van der Waals surface area contributed by atoms with E-state index in [0.717, 1.165) is 11.3 Å². The zero-order valence-corrected chi connectivity index (χ0v) is 17.4. The number of aryl methyl sites for hydroxylation is 1. The van der Waals surface area contributed by atoms with E-state index in [1.807, 2.05) is 30.1 Å².